The van der Waals surface area contributed by atoms with Crippen LogP contribution in [0.2, 0.25) is 0 Å². The van der Waals surface area contributed by atoms with Crippen LogP contribution >= 0.6 is 0 Å². The van der Waals surface area contributed by atoms with Gasteiger partial charge in [-0.25, -0.2) is 0 Å². The van der Waals surface area contributed by atoms with Crippen LogP contribution in [0.4, 0.5) is 0 Å². The summed E-state index contributed by atoms with van der Waals surface area (Å²) in [6.07, 6.45) is 3.99. The lowest BCUT2D eigenvalue weighted by molar-refractivity contribution is 0.354. The van der Waals surface area contributed by atoms with E-state index in [2.05, 4.69) is 32.7 Å². The van der Waals surface area contributed by atoms with Gasteiger partial charge >= 0.3 is 0 Å². The van der Waals surface area contributed by atoms with Gasteiger partial charge in [-0.15, -0.1) is 0 Å². The number of aryl methyl sites for hydroxylation is 1. The first-order valence-electron chi connectivity index (χ1n) is 5.57. The molecule has 82 valence electrons. The predicted octanol–water partition coefficient (Wildman–Crippen LogP) is 2.91. The van der Waals surface area contributed by atoms with Gasteiger partial charge in [0.2, 0.25) is 0 Å². The molecule has 0 fully saturated rings. The van der Waals surface area contributed by atoms with Crippen molar-refractivity contribution < 1.29 is 4.74 Å². The van der Waals surface area contributed by atoms with Crippen molar-refractivity contribution in [2.45, 2.75) is 40.5 Å². The molecule has 0 unspecified atom stereocenters. The molecule has 1 aliphatic heterocycles. The summed E-state index contributed by atoms with van der Waals surface area (Å²) in [5.41, 5.74) is 4.02. The first kappa shape index (κ1) is 10.5. The number of hydrogen-bond donors (Lipinski definition) is 0. The van der Waals surface area contributed by atoms with E-state index in [9.17, 15) is 0 Å². The minimum Gasteiger partial charge on any atom is -0.493 e. The third-order valence-electron chi connectivity index (χ3n) is 2.69. The minimum atomic E-state index is 0.290. The lowest BCUT2D eigenvalue weighted by atomic mass is 9.88. The lowest BCUT2D eigenvalue weighted by Crippen LogP contribution is -2.12. The van der Waals surface area contributed by atoms with Gasteiger partial charge in [-0.3, -0.25) is 4.98 Å². The van der Waals surface area contributed by atoms with Crippen molar-refractivity contribution in [3.05, 3.63) is 23.0 Å². The molecule has 2 nitrogen and oxygen atoms in total. The molecule has 2 heterocycles. The van der Waals surface area contributed by atoms with Crippen LogP contribution in [-0.4, -0.2) is 11.6 Å². The summed E-state index contributed by atoms with van der Waals surface area (Å²) >= 11 is 0. The highest BCUT2D eigenvalue weighted by atomic mass is 16.5. The fraction of sp³-hybridized carbons (Fsp3) is 0.615. The quantitative estimate of drug-likeness (QED) is 0.703. The van der Waals surface area contributed by atoms with Crippen molar-refractivity contribution in [3.63, 3.8) is 0 Å². The molecule has 1 aliphatic rings. The summed E-state index contributed by atoms with van der Waals surface area (Å²) in [5.74, 6) is 1.09. The molecule has 0 aliphatic carbocycles. The maximum Gasteiger partial charge on any atom is 0.128 e. The number of nitrogens with zero attached hydrogens (tertiary/aromatic N) is 1. The zero-order valence-corrected chi connectivity index (χ0v) is 10.1. The van der Waals surface area contributed by atoms with Crippen LogP contribution in [0, 0.1) is 12.3 Å². The second-order valence-corrected chi connectivity index (χ2v) is 5.53. The van der Waals surface area contributed by atoms with Crippen molar-refractivity contribution in [2.75, 3.05) is 6.61 Å². The van der Waals surface area contributed by atoms with Gasteiger partial charge in [0.15, 0.2) is 0 Å². The Morgan fingerprint density at radius 1 is 1.40 bits per heavy atom. The van der Waals surface area contributed by atoms with E-state index in [1.54, 1.807) is 0 Å². The molecular weight excluding hydrogens is 186 g/mol. The predicted molar refractivity (Wildman–Crippen MR) is 61.3 cm³/mol. The summed E-state index contributed by atoms with van der Waals surface area (Å²) in [4.78, 5) is 4.56. The van der Waals surface area contributed by atoms with E-state index in [1.807, 2.05) is 6.20 Å². The molecule has 0 amide bonds. The molecule has 0 saturated carbocycles. The van der Waals surface area contributed by atoms with E-state index >= 15 is 0 Å². The fourth-order valence-electron chi connectivity index (χ4n) is 2.05. The molecule has 0 aromatic carbocycles. The van der Waals surface area contributed by atoms with Crippen LogP contribution in [0.15, 0.2) is 6.20 Å². The van der Waals surface area contributed by atoms with E-state index in [1.165, 1.54) is 16.8 Å². The molecule has 1 aromatic heterocycles. The van der Waals surface area contributed by atoms with Crippen LogP contribution < -0.4 is 4.74 Å². The number of aromatic nitrogens is 1. The van der Waals surface area contributed by atoms with Gasteiger partial charge in [-0.05, 0) is 18.8 Å². The monoisotopic (exact) mass is 205 g/mol. The highest BCUT2D eigenvalue weighted by Crippen LogP contribution is 2.33. The summed E-state index contributed by atoms with van der Waals surface area (Å²) in [6.45, 7) is 9.63. The molecular formula is C13H19NO. The molecule has 0 spiro atoms. The SMILES string of the molecule is Cc1cnc(CC(C)(C)C)c2c1OCC2. The topological polar surface area (TPSA) is 22.1 Å². The Bertz CT molecular complexity index is 377. The van der Waals surface area contributed by atoms with Crippen LogP contribution in [0.5, 0.6) is 5.75 Å². The van der Waals surface area contributed by atoms with Crippen molar-refractivity contribution in [1.29, 1.82) is 0 Å². The van der Waals surface area contributed by atoms with Gasteiger partial charge in [0.1, 0.15) is 5.75 Å². The molecule has 2 rings (SSSR count). The summed E-state index contributed by atoms with van der Waals surface area (Å²) in [5, 5.41) is 0. The van der Waals surface area contributed by atoms with Gasteiger partial charge in [-0.2, -0.15) is 0 Å². The normalized spacial score (nSPS) is 14.9. The largest absolute Gasteiger partial charge is 0.493 e. The van der Waals surface area contributed by atoms with E-state index in [0.717, 1.165) is 25.2 Å². The second-order valence-electron chi connectivity index (χ2n) is 5.53. The molecule has 2 heteroatoms. The van der Waals surface area contributed by atoms with Gasteiger partial charge in [0.05, 0.1) is 6.61 Å². The van der Waals surface area contributed by atoms with Crippen molar-refractivity contribution in [2.24, 2.45) is 5.41 Å². The summed E-state index contributed by atoms with van der Waals surface area (Å²) in [6, 6.07) is 0. The van der Waals surface area contributed by atoms with Crippen molar-refractivity contribution in [1.82, 2.24) is 4.98 Å². The van der Waals surface area contributed by atoms with E-state index in [0.29, 0.717) is 5.41 Å². The molecule has 0 N–H and O–H groups in total. The third kappa shape index (κ3) is 2.14. The first-order chi connectivity index (χ1) is 6.97. The smallest absolute Gasteiger partial charge is 0.128 e. The Kier molecular flexibility index (Phi) is 2.45. The van der Waals surface area contributed by atoms with Crippen molar-refractivity contribution >= 4 is 0 Å². The van der Waals surface area contributed by atoms with Gasteiger partial charge < -0.3 is 4.74 Å². The zero-order valence-electron chi connectivity index (χ0n) is 10.1. The molecule has 0 atom stereocenters. The molecule has 15 heavy (non-hydrogen) atoms. The Balaban J connectivity index is 2.38. The van der Waals surface area contributed by atoms with Crippen LogP contribution in [0.3, 0.4) is 0 Å². The second kappa shape index (κ2) is 3.51. The average molecular weight is 205 g/mol. The Morgan fingerprint density at radius 2 is 2.13 bits per heavy atom. The number of ether oxygens (including phenoxy) is 1. The maximum absolute atomic E-state index is 5.64. The number of hydrogen-bond acceptors (Lipinski definition) is 2. The van der Waals surface area contributed by atoms with Gasteiger partial charge in [0, 0.05) is 29.4 Å². The number of rotatable bonds is 1. The molecule has 0 saturated heterocycles. The van der Waals surface area contributed by atoms with Gasteiger partial charge in [0.25, 0.3) is 0 Å². The molecule has 0 radical (unpaired) electrons. The maximum atomic E-state index is 5.64. The standard InChI is InChI=1S/C13H19NO/c1-9-8-14-11(7-13(2,3)4)10-5-6-15-12(9)10/h8H,5-7H2,1-4H3. The number of fused-ring (bicyclic) bond motifs is 1. The Morgan fingerprint density at radius 3 is 2.80 bits per heavy atom. The third-order valence-corrected chi connectivity index (χ3v) is 2.69. The minimum absolute atomic E-state index is 0.290. The number of pyridine rings is 1. The van der Waals surface area contributed by atoms with E-state index in [4.69, 9.17) is 4.74 Å². The summed E-state index contributed by atoms with van der Waals surface area (Å²) < 4.78 is 5.64. The Labute approximate surface area is 91.7 Å². The molecule has 0 bridgehead atoms. The van der Waals surface area contributed by atoms with Crippen molar-refractivity contribution in [3.8, 4) is 5.75 Å². The van der Waals surface area contributed by atoms with E-state index < -0.39 is 0 Å². The van der Waals surface area contributed by atoms with Crippen LogP contribution in [0.1, 0.15) is 37.6 Å². The molecule has 1 aromatic rings. The first-order valence-corrected chi connectivity index (χ1v) is 5.57. The van der Waals surface area contributed by atoms with Crippen LogP contribution in [-0.2, 0) is 12.8 Å². The average Bonchev–Trinajstić information content (AvgIpc) is 2.57. The highest BCUT2D eigenvalue weighted by molar-refractivity contribution is 5.44. The summed E-state index contributed by atoms with van der Waals surface area (Å²) in [7, 11) is 0. The fourth-order valence-corrected chi connectivity index (χ4v) is 2.05. The lowest BCUT2D eigenvalue weighted by Gasteiger charge is -2.19. The zero-order chi connectivity index (χ0) is 11.1. The van der Waals surface area contributed by atoms with Gasteiger partial charge in [-0.1, -0.05) is 20.8 Å². The van der Waals surface area contributed by atoms with E-state index in [-0.39, 0.29) is 0 Å². The van der Waals surface area contributed by atoms with Crippen LogP contribution in [0.25, 0.3) is 0 Å². The highest BCUT2D eigenvalue weighted by Gasteiger charge is 2.22. The Hall–Kier alpha value is -1.05.